The Kier molecular flexibility index (Phi) is 15.4. The van der Waals surface area contributed by atoms with E-state index in [0.717, 1.165) is 0 Å². The fraction of sp³-hybridized carbons (Fsp3) is 0.625. The molecule has 6 N–H and O–H groups in total. The van der Waals surface area contributed by atoms with Gasteiger partial charge in [-0.1, -0.05) is 0 Å². The predicted octanol–water partition coefficient (Wildman–Crippen LogP) is -3.06. The molecule has 19 heavy (non-hydrogen) atoms. The first-order chi connectivity index (χ1) is 7.84. The molecule has 0 aromatic heterocycles. The molecule has 9 nitrogen and oxygen atoms in total. The van der Waals surface area contributed by atoms with Crippen LogP contribution in [0, 0.1) is 0 Å². The van der Waals surface area contributed by atoms with E-state index in [1.807, 2.05) is 0 Å². The standard InChI is InChI=1S/C8H14N2O7.2Na.2H/c9-1-2-10-17-8(7(15)16,3-5(11)12)4-6(13)14;;;;/h10H,1-4,9H2,(H,11,12)(H,13,14)(H,15,16);;;;. The van der Waals surface area contributed by atoms with Crippen molar-refractivity contribution in [2.45, 2.75) is 18.4 Å². The molecule has 0 heterocycles. The Morgan fingerprint density at radius 1 is 1.05 bits per heavy atom. The third-order valence-electron chi connectivity index (χ3n) is 1.78. The first kappa shape index (κ1) is 24.3. The average molecular weight is 298 g/mol. The fourth-order valence-corrected chi connectivity index (χ4v) is 1.07. The van der Waals surface area contributed by atoms with Crippen LogP contribution in [0.4, 0.5) is 0 Å². The Morgan fingerprint density at radius 2 is 1.47 bits per heavy atom. The van der Waals surface area contributed by atoms with Crippen molar-refractivity contribution < 1.29 is 34.5 Å². The van der Waals surface area contributed by atoms with Crippen molar-refractivity contribution in [3.63, 3.8) is 0 Å². The van der Waals surface area contributed by atoms with Gasteiger partial charge in [-0.05, 0) is 0 Å². The molecule has 0 bridgehead atoms. The van der Waals surface area contributed by atoms with Gasteiger partial charge in [0.1, 0.15) is 0 Å². The Balaban J connectivity index is -0.00000128. The normalized spacial score (nSPS) is 9.95. The van der Waals surface area contributed by atoms with E-state index >= 15 is 0 Å². The van der Waals surface area contributed by atoms with E-state index in [4.69, 9.17) is 21.1 Å². The number of nitrogens with one attached hydrogen (secondary N) is 1. The summed E-state index contributed by atoms with van der Waals surface area (Å²) in [7, 11) is 0. The summed E-state index contributed by atoms with van der Waals surface area (Å²) in [5.74, 6) is -4.64. The molecular formula is C8H16N2Na2O7. The number of hydroxylamine groups is 1. The predicted molar refractivity (Wildman–Crippen MR) is 67.3 cm³/mol. The van der Waals surface area contributed by atoms with Crippen LogP contribution in [0.15, 0.2) is 0 Å². The van der Waals surface area contributed by atoms with E-state index in [1.165, 1.54) is 0 Å². The van der Waals surface area contributed by atoms with Gasteiger partial charge in [0.2, 0.25) is 5.60 Å². The van der Waals surface area contributed by atoms with Crippen molar-refractivity contribution in [2.24, 2.45) is 5.73 Å². The van der Waals surface area contributed by atoms with Crippen molar-refractivity contribution in [1.82, 2.24) is 5.48 Å². The van der Waals surface area contributed by atoms with Gasteiger partial charge in [0.05, 0.1) is 12.8 Å². The molecule has 0 aromatic rings. The van der Waals surface area contributed by atoms with Crippen LogP contribution in [0.5, 0.6) is 0 Å². The number of carboxylic acid groups (broad SMARTS) is 3. The molecule has 0 saturated carbocycles. The van der Waals surface area contributed by atoms with Gasteiger partial charge in [-0.15, -0.1) is 0 Å². The van der Waals surface area contributed by atoms with Crippen LogP contribution < -0.4 is 11.2 Å². The molecule has 0 spiro atoms. The van der Waals surface area contributed by atoms with Crippen LogP contribution in [0.1, 0.15) is 12.8 Å². The summed E-state index contributed by atoms with van der Waals surface area (Å²) >= 11 is 0. The van der Waals surface area contributed by atoms with Crippen molar-refractivity contribution >= 4 is 77.0 Å². The Morgan fingerprint density at radius 3 is 1.74 bits per heavy atom. The molecule has 0 fully saturated rings. The number of carboxylic acids is 3. The van der Waals surface area contributed by atoms with Crippen molar-refractivity contribution in [3.05, 3.63) is 0 Å². The number of aliphatic carboxylic acids is 3. The summed E-state index contributed by atoms with van der Waals surface area (Å²) in [5.41, 5.74) is 4.90. The number of rotatable bonds is 9. The van der Waals surface area contributed by atoms with Gasteiger partial charge < -0.3 is 21.1 Å². The van der Waals surface area contributed by atoms with Crippen LogP contribution in [0.25, 0.3) is 0 Å². The van der Waals surface area contributed by atoms with Gasteiger partial charge in [-0.2, -0.15) is 5.48 Å². The summed E-state index contributed by atoms with van der Waals surface area (Å²) in [6, 6.07) is 0. The minimum absolute atomic E-state index is 0. The van der Waals surface area contributed by atoms with Crippen molar-refractivity contribution in [3.8, 4) is 0 Å². The molecule has 0 atom stereocenters. The van der Waals surface area contributed by atoms with E-state index in [-0.39, 0.29) is 72.2 Å². The van der Waals surface area contributed by atoms with E-state index in [2.05, 4.69) is 10.3 Å². The average Bonchev–Trinajstić information content (AvgIpc) is 2.15. The summed E-state index contributed by atoms with van der Waals surface area (Å²) < 4.78 is 0. The maximum atomic E-state index is 11.0. The molecule has 0 aliphatic carbocycles. The van der Waals surface area contributed by atoms with Gasteiger partial charge in [0, 0.05) is 13.1 Å². The van der Waals surface area contributed by atoms with E-state index in [9.17, 15) is 14.4 Å². The Hall–Kier alpha value is 0.290. The van der Waals surface area contributed by atoms with Gasteiger partial charge in [0.25, 0.3) is 0 Å². The zero-order chi connectivity index (χ0) is 13.5. The second-order valence-corrected chi connectivity index (χ2v) is 3.23. The molecular weight excluding hydrogens is 282 g/mol. The first-order valence-electron chi connectivity index (χ1n) is 4.62. The Bertz CT molecular complexity index is 297. The molecule has 0 rings (SSSR count). The molecule has 0 aliphatic heterocycles. The van der Waals surface area contributed by atoms with Crippen LogP contribution in [-0.2, 0) is 19.2 Å². The van der Waals surface area contributed by atoms with E-state index < -0.39 is 36.4 Å². The van der Waals surface area contributed by atoms with Crippen LogP contribution in [0.3, 0.4) is 0 Å². The van der Waals surface area contributed by atoms with Gasteiger partial charge in [0.15, 0.2) is 0 Å². The third kappa shape index (κ3) is 9.77. The number of hydrogen-bond acceptors (Lipinski definition) is 6. The fourth-order valence-electron chi connectivity index (χ4n) is 1.07. The summed E-state index contributed by atoms with van der Waals surface area (Å²) in [5, 5.41) is 26.1. The van der Waals surface area contributed by atoms with Crippen molar-refractivity contribution in [2.75, 3.05) is 13.1 Å². The van der Waals surface area contributed by atoms with Gasteiger partial charge in [-0.3, -0.25) is 14.4 Å². The molecule has 102 valence electrons. The zero-order valence-electron chi connectivity index (χ0n) is 8.88. The number of carbonyl (C=O) groups is 3. The Labute approximate surface area is 153 Å². The van der Waals surface area contributed by atoms with Crippen LogP contribution in [0.2, 0.25) is 0 Å². The van der Waals surface area contributed by atoms with Crippen LogP contribution >= 0.6 is 0 Å². The first-order valence-corrected chi connectivity index (χ1v) is 4.62. The maximum absolute atomic E-state index is 11.0. The van der Waals surface area contributed by atoms with Gasteiger partial charge >= 0.3 is 77.0 Å². The quantitative estimate of drug-likeness (QED) is 0.169. The number of nitrogens with two attached hydrogens (primary N) is 1. The van der Waals surface area contributed by atoms with Gasteiger partial charge in [-0.25, -0.2) is 4.79 Å². The molecule has 0 radical (unpaired) electrons. The molecule has 11 heteroatoms. The van der Waals surface area contributed by atoms with E-state index in [0.29, 0.717) is 0 Å². The third-order valence-corrected chi connectivity index (χ3v) is 1.78. The number of hydrogen-bond donors (Lipinski definition) is 5. The molecule has 0 aliphatic rings. The van der Waals surface area contributed by atoms with Crippen molar-refractivity contribution in [1.29, 1.82) is 0 Å². The second kappa shape index (κ2) is 12.1. The van der Waals surface area contributed by atoms with E-state index in [1.54, 1.807) is 0 Å². The topological polar surface area (TPSA) is 159 Å². The van der Waals surface area contributed by atoms with Crippen LogP contribution in [-0.4, -0.2) is 111 Å². The second-order valence-electron chi connectivity index (χ2n) is 3.23. The SMILES string of the molecule is NCCNOC(CC(=O)O)(CC(=O)O)C(=O)O.[NaH].[NaH]. The summed E-state index contributed by atoms with van der Waals surface area (Å²) in [6.45, 7) is 0.185. The summed E-state index contributed by atoms with van der Waals surface area (Å²) in [6.07, 6.45) is -1.96. The molecule has 0 unspecified atom stereocenters. The monoisotopic (exact) mass is 298 g/mol. The molecule has 0 aromatic carbocycles. The molecule has 0 saturated heterocycles. The molecule has 0 amide bonds. The summed E-state index contributed by atoms with van der Waals surface area (Å²) in [4.78, 5) is 36.7. The zero-order valence-corrected chi connectivity index (χ0v) is 8.88. The minimum atomic E-state index is -2.35.